The maximum atomic E-state index is 13.1. The third-order valence-corrected chi connectivity index (χ3v) is 11.1. The summed E-state index contributed by atoms with van der Waals surface area (Å²) in [6.07, 6.45) is -7.53. The fraction of sp³-hybridized carbons (Fsp3) is 0.143. The van der Waals surface area contributed by atoms with Crippen LogP contribution in [-0.4, -0.2) is 12.3 Å². The third kappa shape index (κ3) is 6.55. The lowest BCUT2D eigenvalue weighted by atomic mass is 10.2. The van der Waals surface area contributed by atoms with Gasteiger partial charge in [0.25, 0.3) is 0 Å². The molecule has 0 bridgehead atoms. The van der Waals surface area contributed by atoms with E-state index in [2.05, 4.69) is 24.3 Å². The molecule has 0 radical (unpaired) electrons. The topological polar surface area (TPSA) is 0 Å². The molecule has 0 aliphatic heterocycles. The molecule has 0 nitrogen and oxygen atoms in total. The molecule has 4 aromatic carbocycles. The van der Waals surface area contributed by atoms with Crippen molar-refractivity contribution in [2.45, 2.75) is 12.4 Å². The second-order valence-electron chi connectivity index (χ2n) is 8.06. The molecule has 0 saturated heterocycles. The van der Waals surface area contributed by atoms with Crippen molar-refractivity contribution < 1.29 is 26.3 Å². The van der Waals surface area contributed by atoms with E-state index in [1.165, 1.54) is 34.9 Å². The van der Waals surface area contributed by atoms with E-state index in [0.717, 1.165) is 30.4 Å². The summed E-state index contributed by atoms with van der Waals surface area (Å²) in [6.45, 7) is 0. The highest BCUT2D eigenvalue weighted by Gasteiger charge is 2.32. The quantitative estimate of drug-likeness (QED) is 0.173. The number of halogens is 6. The van der Waals surface area contributed by atoms with E-state index < -0.39 is 39.3 Å². The van der Waals surface area contributed by atoms with Gasteiger partial charge in [0.05, 0.1) is 11.1 Å². The van der Waals surface area contributed by atoms with Crippen molar-refractivity contribution in [3.05, 3.63) is 120 Å². The highest BCUT2D eigenvalue weighted by molar-refractivity contribution is 7.76. The second kappa shape index (κ2) is 11.2. The van der Waals surface area contributed by atoms with Crippen molar-refractivity contribution in [1.29, 1.82) is 0 Å². The first-order chi connectivity index (χ1) is 17.1. The summed E-state index contributed by atoms with van der Waals surface area (Å²) in [5.41, 5.74) is -1.49. The van der Waals surface area contributed by atoms with Crippen molar-refractivity contribution in [2.24, 2.45) is 0 Å². The van der Waals surface area contributed by atoms with Crippen molar-refractivity contribution in [2.75, 3.05) is 12.3 Å². The molecular formula is C28H22F6P2. The molecule has 0 atom stereocenters. The summed E-state index contributed by atoms with van der Waals surface area (Å²) in [6, 6.07) is 30.1. The van der Waals surface area contributed by atoms with E-state index >= 15 is 0 Å². The van der Waals surface area contributed by atoms with Crippen molar-refractivity contribution in [3.63, 3.8) is 0 Å². The minimum Gasteiger partial charge on any atom is -0.166 e. The normalized spacial score (nSPS) is 12.3. The van der Waals surface area contributed by atoms with Crippen LogP contribution in [0.3, 0.4) is 0 Å². The molecule has 0 amide bonds. The Morgan fingerprint density at radius 3 is 0.944 bits per heavy atom. The molecule has 186 valence electrons. The van der Waals surface area contributed by atoms with Gasteiger partial charge in [-0.3, -0.25) is 0 Å². The van der Waals surface area contributed by atoms with Gasteiger partial charge in [0, 0.05) is 0 Å². The average molecular weight is 534 g/mol. The van der Waals surface area contributed by atoms with E-state index in [4.69, 9.17) is 0 Å². The van der Waals surface area contributed by atoms with Gasteiger partial charge in [0.1, 0.15) is 0 Å². The Hall–Kier alpha value is -2.68. The number of hydrogen-bond acceptors (Lipinski definition) is 0. The van der Waals surface area contributed by atoms with E-state index in [-0.39, 0.29) is 0 Å². The largest absolute Gasteiger partial charge is 0.416 e. The van der Waals surface area contributed by atoms with Crippen LogP contribution in [0.5, 0.6) is 0 Å². The molecule has 0 N–H and O–H groups in total. The summed E-state index contributed by atoms with van der Waals surface area (Å²) in [5, 5.41) is 3.75. The number of benzene rings is 4. The van der Waals surface area contributed by atoms with Crippen LogP contribution in [0.4, 0.5) is 26.3 Å². The minimum atomic E-state index is -4.45. The Labute approximate surface area is 208 Å². The zero-order chi connectivity index (χ0) is 25.8. The van der Waals surface area contributed by atoms with E-state index in [1.54, 1.807) is 0 Å². The van der Waals surface area contributed by atoms with Gasteiger partial charge in [-0.05, 0) is 73.7 Å². The molecule has 36 heavy (non-hydrogen) atoms. The van der Waals surface area contributed by atoms with Crippen LogP contribution in [-0.2, 0) is 12.4 Å². The SMILES string of the molecule is FC(F)(F)c1ccc(P(CCP(c2ccccc2)c2ccccc2)c2ccc(C(F)(F)F)cc2)cc1. The minimum absolute atomic E-state index is 0.627. The summed E-state index contributed by atoms with van der Waals surface area (Å²) < 4.78 is 78.8. The summed E-state index contributed by atoms with van der Waals surface area (Å²) in [7, 11) is -1.94. The molecule has 0 heterocycles. The van der Waals surface area contributed by atoms with Crippen molar-refractivity contribution >= 4 is 37.1 Å². The Morgan fingerprint density at radius 1 is 0.389 bits per heavy atom. The van der Waals surface area contributed by atoms with E-state index in [0.29, 0.717) is 16.8 Å². The van der Waals surface area contributed by atoms with Gasteiger partial charge < -0.3 is 0 Å². The smallest absolute Gasteiger partial charge is 0.166 e. The molecule has 0 spiro atoms. The first-order valence-corrected chi connectivity index (χ1v) is 14.2. The predicted molar refractivity (Wildman–Crippen MR) is 138 cm³/mol. The monoisotopic (exact) mass is 534 g/mol. The van der Waals surface area contributed by atoms with Crippen LogP contribution in [0.2, 0.25) is 0 Å². The number of alkyl halides is 6. The lowest BCUT2D eigenvalue weighted by Crippen LogP contribution is -2.20. The van der Waals surface area contributed by atoms with E-state index in [1.807, 2.05) is 36.4 Å². The van der Waals surface area contributed by atoms with E-state index in [9.17, 15) is 26.3 Å². The van der Waals surface area contributed by atoms with Crippen LogP contribution in [0.1, 0.15) is 11.1 Å². The Bertz CT molecular complexity index is 1140. The summed E-state index contributed by atoms with van der Waals surface area (Å²) >= 11 is 0. The first-order valence-electron chi connectivity index (χ1n) is 11.1. The van der Waals surface area contributed by atoms with Gasteiger partial charge in [-0.2, -0.15) is 26.3 Å². The maximum Gasteiger partial charge on any atom is 0.416 e. The Kier molecular flexibility index (Phi) is 8.17. The summed E-state index contributed by atoms with van der Waals surface area (Å²) in [4.78, 5) is 0. The highest BCUT2D eigenvalue weighted by atomic mass is 31.1. The lowest BCUT2D eigenvalue weighted by molar-refractivity contribution is -0.138. The van der Waals surface area contributed by atoms with Crippen LogP contribution < -0.4 is 21.2 Å². The van der Waals surface area contributed by atoms with Crippen molar-refractivity contribution in [3.8, 4) is 0 Å². The van der Waals surface area contributed by atoms with Gasteiger partial charge >= 0.3 is 12.4 Å². The van der Waals surface area contributed by atoms with Crippen LogP contribution in [0.15, 0.2) is 109 Å². The molecule has 0 aliphatic rings. The zero-order valence-corrected chi connectivity index (χ0v) is 20.8. The van der Waals surface area contributed by atoms with Crippen LogP contribution in [0, 0.1) is 0 Å². The van der Waals surface area contributed by atoms with Gasteiger partial charge in [0.2, 0.25) is 0 Å². The fourth-order valence-corrected chi connectivity index (χ4v) is 9.20. The number of rotatable bonds is 7. The molecule has 4 rings (SSSR count). The van der Waals surface area contributed by atoms with Gasteiger partial charge in [0.15, 0.2) is 0 Å². The summed E-state index contributed by atoms with van der Waals surface area (Å²) in [5.74, 6) is 0. The molecule has 0 unspecified atom stereocenters. The first kappa shape index (κ1) is 26.4. The fourth-order valence-electron chi connectivity index (χ4n) is 3.89. The van der Waals surface area contributed by atoms with Crippen LogP contribution >= 0.6 is 15.8 Å². The van der Waals surface area contributed by atoms with Gasteiger partial charge in [-0.25, -0.2) is 0 Å². The third-order valence-electron chi connectivity index (χ3n) is 5.70. The maximum absolute atomic E-state index is 13.1. The molecule has 8 heteroatoms. The average Bonchev–Trinajstić information content (AvgIpc) is 2.87. The number of hydrogen-bond donors (Lipinski definition) is 0. The standard InChI is InChI=1S/C28H22F6P2/c29-27(30,31)21-11-15-25(16-12-21)36(26-17-13-22(14-18-26)28(32,33)34)20-19-35(23-7-3-1-4-8-23)24-9-5-2-6-10-24/h1-18H,19-20H2. The van der Waals surface area contributed by atoms with Gasteiger partial charge in [-0.15, -0.1) is 0 Å². The molecule has 0 saturated carbocycles. The second-order valence-corrected chi connectivity index (χ2v) is 12.7. The molecule has 0 fully saturated rings. The highest BCUT2D eigenvalue weighted by Crippen LogP contribution is 2.42. The predicted octanol–water partition coefficient (Wildman–Crippen LogP) is 7.29. The van der Waals surface area contributed by atoms with Gasteiger partial charge in [-0.1, -0.05) is 84.9 Å². The molecular weight excluding hydrogens is 512 g/mol. The Balaban J connectivity index is 1.68. The zero-order valence-electron chi connectivity index (χ0n) is 19.0. The van der Waals surface area contributed by atoms with Crippen LogP contribution in [0.25, 0.3) is 0 Å². The van der Waals surface area contributed by atoms with Crippen molar-refractivity contribution in [1.82, 2.24) is 0 Å². The molecule has 0 aliphatic carbocycles. The lowest BCUT2D eigenvalue weighted by Gasteiger charge is -2.24. The molecule has 0 aromatic heterocycles. The Morgan fingerprint density at radius 2 is 0.667 bits per heavy atom. The molecule has 4 aromatic rings.